The van der Waals surface area contributed by atoms with E-state index in [4.69, 9.17) is 16.3 Å². The van der Waals surface area contributed by atoms with Gasteiger partial charge in [0.05, 0.1) is 11.6 Å². The smallest absolute Gasteiger partial charge is 0.319 e. The molecule has 0 radical (unpaired) electrons. The van der Waals surface area contributed by atoms with Crippen LogP contribution < -0.4 is 20.3 Å². The first kappa shape index (κ1) is 20.9. The highest BCUT2D eigenvalue weighted by Gasteiger charge is 2.07. The number of para-hydroxylation sites is 1. The van der Waals surface area contributed by atoms with Crippen molar-refractivity contribution in [3.63, 3.8) is 0 Å². The third-order valence-electron chi connectivity index (χ3n) is 4.29. The van der Waals surface area contributed by atoms with Gasteiger partial charge in [0, 0.05) is 31.0 Å². The Morgan fingerprint density at radius 3 is 2.56 bits per heavy atom. The van der Waals surface area contributed by atoms with Gasteiger partial charge in [-0.3, -0.25) is 0 Å². The Morgan fingerprint density at radius 1 is 1.15 bits per heavy atom. The largest absolute Gasteiger partial charge is 0.492 e. The number of nitrogens with one attached hydrogen (secondary N) is 2. The van der Waals surface area contributed by atoms with Crippen LogP contribution in [0.1, 0.15) is 25.8 Å². The summed E-state index contributed by atoms with van der Waals surface area (Å²) < 4.78 is 5.60. The molecule has 0 fully saturated rings. The fourth-order valence-electron chi connectivity index (χ4n) is 2.76. The summed E-state index contributed by atoms with van der Waals surface area (Å²) in [7, 11) is 0. The summed E-state index contributed by atoms with van der Waals surface area (Å²) in [6, 6.07) is 13.2. The molecule has 2 aromatic carbocycles. The zero-order valence-electron chi connectivity index (χ0n) is 16.2. The van der Waals surface area contributed by atoms with Gasteiger partial charge in [-0.1, -0.05) is 23.7 Å². The molecule has 0 heterocycles. The van der Waals surface area contributed by atoms with Gasteiger partial charge in [-0.25, -0.2) is 4.79 Å². The van der Waals surface area contributed by atoms with Gasteiger partial charge in [0.1, 0.15) is 5.75 Å². The molecule has 6 heteroatoms. The zero-order chi connectivity index (χ0) is 19.6. The summed E-state index contributed by atoms with van der Waals surface area (Å²) in [6.07, 6.45) is 0.693. The molecule has 0 atom stereocenters. The second kappa shape index (κ2) is 10.7. The lowest BCUT2D eigenvalue weighted by Gasteiger charge is -2.22. The van der Waals surface area contributed by atoms with E-state index in [1.807, 2.05) is 37.3 Å². The quantitative estimate of drug-likeness (QED) is 0.587. The van der Waals surface area contributed by atoms with E-state index in [9.17, 15) is 4.79 Å². The number of anilines is 2. The Balaban J connectivity index is 1.75. The lowest BCUT2D eigenvalue weighted by molar-refractivity contribution is 0.250. The van der Waals surface area contributed by atoms with E-state index in [2.05, 4.69) is 35.4 Å². The Kier molecular flexibility index (Phi) is 8.27. The summed E-state index contributed by atoms with van der Waals surface area (Å²) in [5.41, 5.74) is 3.02. The summed E-state index contributed by atoms with van der Waals surface area (Å²) in [6.45, 7) is 9.19. The summed E-state index contributed by atoms with van der Waals surface area (Å²) in [5, 5.41) is 6.33. The molecule has 5 nitrogen and oxygen atoms in total. The number of hydrogen-bond acceptors (Lipinski definition) is 3. The Hall–Kier alpha value is -2.40. The van der Waals surface area contributed by atoms with E-state index in [-0.39, 0.29) is 6.03 Å². The van der Waals surface area contributed by atoms with Crippen LogP contribution in [0.3, 0.4) is 0 Å². The number of aryl methyl sites for hydroxylation is 1. The molecule has 0 aliphatic rings. The number of ether oxygens (including phenoxy) is 1. The van der Waals surface area contributed by atoms with Gasteiger partial charge in [0.2, 0.25) is 0 Å². The molecule has 27 heavy (non-hydrogen) atoms. The van der Waals surface area contributed by atoms with Crippen LogP contribution >= 0.6 is 11.6 Å². The molecule has 2 rings (SSSR count). The van der Waals surface area contributed by atoms with Crippen molar-refractivity contribution in [1.82, 2.24) is 5.32 Å². The standard InChI is InChI=1S/C21H28ClN3O2/c1-4-25(5-2)17-11-12-19(16(3)15-17)24-21(26)23-13-8-14-27-20-10-7-6-9-18(20)22/h6-7,9-12,15H,4-5,8,13-14H2,1-3H3,(H2,23,24,26). The number of carbonyl (C=O) groups is 1. The van der Waals surface area contributed by atoms with Crippen LogP contribution in [0.4, 0.5) is 16.2 Å². The molecule has 146 valence electrons. The number of carbonyl (C=O) groups excluding carboxylic acids is 1. The number of nitrogens with zero attached hydrogens (tertiary/aromatic N) is 1. The normalized spacial score (nSPS) is 10.4. The van der Waals surface area contributed by atoms with Gasteiger partial charge in [-0.2, -0.15) is 0 Å². The third kappa shape index (κ3) is 6.36. The summed E-state index contributed by atoms with van der Waals surface area (Å²) in [4.78, 5) is 14.4. The van der Waals surface area contributed by atoms with Crippen molar-refractivity contribution in [2.24, 2.45) is 0 Å². The first-order chi connectivity index (χ1) is 13.0. The van der Waals surface area contributed by atoms with Gasteiger partial charge in [0.25, 0.3) is 0 Å². The minimum absolute atomic E-state index is 0.216. The van der Waals surface area contributed by atoms with Gasteiger partial charge in [0.15, 0.2) is 0 Å². The molecular formula is C21H28ClN3O2. The monoisotopic (exact) mass is 389 g/mol. The highest BCUT2D eigenvalue weighted by Crippen LogP contribution is 2.23. The minimum atomic E-state index is -0.216. The van der Waals surface area contributed by atoms with E-state index in [1.165, 1.54) is 5.69 Å². The van der Waals surface area contributed by atoms with Crippen LogP contribution in [-0.4, -0.2) is 32.3 Å². The third-order valence-corrected chi connectivity index (χ3v) is 4.60. The maximum absolute atomic E-state index is 12.1. The van der Waals surface area contributed by atoms with Crippen LogP contribution in [0, 0.1) is 6.92 Å². The van der Waals surface area contributed by atoms with Gasteiger partial charge in [-0.15, -0.1) is 0 Å². The molecule has 0 unspecified atom stereocenters. The summed E-state index contributed by atoms with van der Waals surface area (Å²) >= 11 is 6.03. The average molecular weight is 390 g/mol. The lowest BCUT2D eigenvalue weighted by Crippen LogP contribution is -2.30. The van der Waals surface area contributed by atoms with E-state index < -0.39 is 0 Å². The molecule has 2 aromatic rings. The Bertz CT molecular complexity index is 748. The molecular weight excluding hydrogens is 362 g/mol. The van der Waals surface area contributed by atoms with Gasteiger partial charge in [-0.05, 0) is 63.1 Å². The molecule has 2 amide bonds. The number of amides is 2. The maximum Gasteiger partial charge on any atom is 0.319 e. The number of urea groups is 1. The number of benzene rings is 2. The van der Waals surface area contributed by atoms with E-state index in [1.54, 1.807) is 6.07 Å². The Morgan fingerprint density at radius 2 is 1.89 bits per heavy atom. The predicted molar refractivity (Wildman–Crippen MR) is 113 cm³/mol. The number of hydrogen-bond donors (Lipinski definition) is 2. The van der Waals surface area contributed by atoms with Crippen LogP contribution in [0.5, 0.6) is 5.75 Å². The highest BCUT2D eigenvalue weighted by molar-refractivity contribution is 6.32. The zero-order valence-corrected chi connectivity index (χ0v) is 17.0. The summed E-state index contributed by atoms with van der Waals surface area (Å²) in [5.74, 6) is 0.660. The second-order valence-electron chi connectivity index (χ2n) is 6.18. The first-order valence-corrected chi connectivity index (χ1v) is 9.70. The van der Waals surface area contributed by atoms with E-state index >= 15 is 0 Å². The molecule has 2 N–H and O–H groups in total. The molecule has 0 aliphatic carbocycles. The van der Waals surface area contributed by atoms with E-state index in [0.29, 0.717) is 30.3 Å². The van der Waals surface area contributed by atoms with Crippen LogP contribution in [-0.2, 0) is 0 Å². The first-order valence-electron chi connectivity index (χ1n) is 9.33. The molecule has 0 spiro atoms. The average Bonchev–Trinajstić information content (AvgIpc) is 2.66. The second-order valence-corrected chi connectivity index (χ2v) is 6.59. The predicted octanol–water partition coefficient (Wildman–Crippen LogP) is 5.09. The highest BCUT2D eigenvalue weighted by atomic mass is 35.5. The van der Waals surface area contributed by atoms with Crippen molar-refractivity contribution in [2.45, 2.75) is 27.2 Å². The van der Waals surface area contributed by atoms with Crippen molar-refractivity contribution in [1.29, 1.82) is 0 Å². The number of rotatable bonds is 9. The molecule has 0 aromatic heterocycles. The van der Waals surface area contributed by atoms with E-state index in [0.717, 1.165) is 24.3 Å². The fourth-order valence-corrected chi connectivity index (χ4v) is 2.95. The van der Waals surface area contributed by atoms with Crippen molar-refractivity contribution >= 4 is 29.0 Å². The number of halogens is 1. The maximum atomic E-state index is 12.1. The molecule has 0 bridgehead atoms. The SMILES string of the molecule is CCN(CC)c1ccc(NC(=O)NCCCOc2ccccc2Cl)c(C)c1. The molecule has 0 saturated carbocycles. The topological polar surface area (TPSA) is 53.6 Å². The Labute approximate surface area is 166 Å². The van der Waals surface area contributed by atoms with Crippen molar-refractivity contribution < 1.29 is 9.53 Å². The fraction of sp³-hybridized carbons (Fsp3) is 0.381. The van der Waals surface area contributed by atoms with Gasteiger partial charge >= 0.3 is 6.03 Å². The van der Waals surface area contributed by atoms with Crippen molar-refractivity contribution in [3.8, 4) is 5.75 Å². The minimum Gasteiger partial charge on any atom is -0.492 e. The van der Waals surface area contributed by atoms with Crippen LogP contribution in [0.2, 0.25) is 5.02 Å². The van der Waals surface area contributed by atoms with Gasteiger partial charge < -0.3 is 20.3 Å². The molecule has 0 aliphatic heterocycles. The lowest BCUT2D eigenvalue weighted by atomic mass is 10.1. The van der Waals surface area contributed by atoms with Crippen molar-refractivity contribution in [3.05, 3.63) is 53.1 Å². The molecule has 0 saturated heterocycles. The van der Waals surface area contributed by atoms with Crippen molar-refractivity contribution in [2.75, 3.05) is 36.5 Å². The van der Waals surface area contributed by atoms with Crippen LogP contribution in [0.15, 0.2) is 42.5 Å². The van der Waals surface area contributed by atoms with Crippen LogP contribution in [0.25, 0.3) is 0 Å².